The van der Waals surface area contributed by atoms with Crippen LogP contribution in [0.3, 0.4) is 0 Å². The number of rotatable bonds is 15. The van der Waals surface area contributed by atoms with Crippen LogP contribution in [-0.4, -0.2) is 85.5 Å². The van der Waals surface area contributed by atoms with Gasteiger partial charge in [-0.1, -0.05) is 221 Å². The molecule has 0 saturated heterocycles. The van der Waals surface area contributed by atoms with Crippen molar-refractivity contribution in [3.63, 3.8) is 0 Å². The number of nitrogens with one attached hydrogen (secondary N) is 1. The van der Waals surface area contributed by atoms with Crippen LogP contribution >= 0.6 is 27.5 Å². The number of hydrogen-bond donors (Lipinski definition) is 1. The van der Waals surface area contributed by atoms with E-state index in [9.17, 15) is 4.39 Å². The lowest BCUT2D eigenvalue weighted by Crippen LogP contribution is -2.33. The highest BCUT2D eigenvalue weighted by Crippen LogP contribution is 2.55. The minimum absolute atomic E-state index is 0.0298. The molecule has 1 aliphatic carbocycles. The maximum atomic E-state index is 14.1. The number of hydrazone groups is 4. The van der Waals surface area contributed by atoms with Crippen LogP contribution in [0.4, 0.5) is 10.1 Å². The Balaban J connectivity index is 0.000000105. The number of methoxy groups -OCH3 is 6. The van der Waals surface area contributed by atoms with Crippen LogP contribution in [0.1, 0.15) is 177 Å². The quantitative estimate of drug-likeness (QED) is 0.0962. The van der Waals surface area contributed by atoms with Crippen molar-refractivity contribution in [2.24, 2.45) is 26.3 Å². The van der Waals surface area contributed by atoms with E-state index >= 15 is 0 Å². The van der Waals surface area contributed by atoms with Crippen LogP contribution in [0, 0.1) is 18.7 Å². The van der Waals surface area contributed by atoms with Crippen molar-refractivity contribution in [2.45, 2.75) is 100 Å². The fraction of sp³-hybridized carbons (Fsp3) is 0.204. The van der Waals surface area contributed by atoms with Crippen molar-refractivity contribution in [3.8, 4) is 57.5 Å². The van der Waals surface area contributed by atoms with E-state index in [-0.39, 0.29) is 54.7 Å². The Labute approximate surface area is 799 Å². The summed E-state index contributed by atoms with van der Waals surface area (Å²) < 4.78 is 72.9. The summed E-state index contributed by atoms with van der Waals surface area (Å²) in [6, 6.07) is 112. The topological polar surface area (TPSA) is 167 Å². The molecule has 24 rings (SSSR count). The lowest BCUT2D eigenvalue weighted by molar-refractivity contribution is -0.0191. The largest absolute Gasteiger partial charge is 0.497 e. The number of fused-ring (bicyclic) bond motifs is 15. The molecular formula is C113H100BrClFN9O10. The van der Waals surface area contributed by atoms with Crippen molar-refractivity contribution in [3.05, 3.63) is 445 Å². The van der Waals surface area contributed by atoms with Crippen molar-refractivity contribution in [2.75, 3.05) is 48.0 Å². The molecule has 14 aromatic carbocycles. The number of halogens is 3. The predicted octanol–water partition coefficient (Wildman–Crippen LogP) is 26.1. The van der Waals surface area contributed by atoms with Gasteiger partial charge in [0.2, 0.25) is 24.9 Å². The Bertz CT molecular complexity index is 6800. The minimum Gasteiger partial charge on any atom is -0.497 e. The van der Waals surface area contributed by atoms with Crippen molar-refractivity contribution in [1.29, 1.82) is 0 Å². The highest BCUT2D eigenvalue weighted by molar-refractivity contribution is 9.10. The second-order valence-electron chi connectivity index (χ2n) is 34.2. The van der Waals surface area contributed by atoms with Gasteiger partial charge in [0.05, 0.1) is 95.7 Å². The smallest absolute Gasteiger partial charge is 0.215 e. The molecule has 135 heavy (non-hydrogen) atoms. The van der Waals surface area contributed by atoms with Crippen molar-refractivity contribution < 1.29 is 51.8 Å². The normalized spacial score (nSPS) is 20.8. The van der Waals surface area contributed by atoms with Gasteiger partial charge in [0, 0.05) is 102 Å². The second-order valence-corrected chi connectivity index (χ2v) is 35.5. The van der Waals surface area contributed by atoms with Crippen molar-refractivity contribution in [1.82, 2.24) is 20.0 Å². The SMILES string of the molecule is COc1ccc(C2=NN3C(C2)c2cc(Br)ccc2OC3c2ccc(C)cc2)cc1.COc1ccc(C2=NN3C(C2)c2cc(OC)ccc2OC3c2ccccc2Cl)cc1.COc1ccc(C2=NN3C(C2)c2ccccc2OC3c2ccccc2)cc1.COc1ccc(C2=NN3C(C2)c2ccccc2OC3c2ccccc2)cc1OC.Fc1ccccc1C1Nc2ccccc2C2C=CCC21. The first-order chi connectivity index (χ1) is 66.2. The van der Waals surface area contributed by atoms with Gasteiger partial charge < -0.3 is 52.7 Å². The monoisotopic (exact) mass is 1880 g/mol. The zero-order valence-corrected chi connectivity index (χ0v) is 77.9. The highest BCUT2D eigenvalue weighted by atomic mass is 79.9. The first kappa shape index (κ1) is 88.1. The number of allylic oxidation sites excluding steroid dienone is 2. The molecule has 1 N–H and O–H groups in total. The number of anilines is 1. The summed E-state index contributed by atoms with van der Waals surface area (Å²) in [5.74, 6) is 9.04. The third-order valence-corrected chi connectivity index (χ3v) is 27.2. The van der Waals surface area contributed by atoms with Crippen LogP contribution in [0.25, 0.3) is 0 Å². The fourth-order valence-corrected chi connectivity index (χ4v) is 20.1. The standard InChI is InChI=1S/C24H21BrN2O2.C24H21ClN2O3.C24H22N2O3.C23H20N2O2.C18H16FN/c1-15-3-5-17(6-4-15)24-27-22(20-13-18(25)9-12-23(20)29-24)14-21(26-27)16-7-10-19(28-2)11-8-16;1-28-16-9-7-15(8-10-16)21-14-22-19-13-17(29-2)11-12-23(19)30-24(27(22)26-21)18-5-3-4-6-20(18)25;1-27-22-13-12-17(14-23(22)28-2)19-15-20-18-10-6-7-11-21(18)29-24(26(20)25-19)16-8-4-3-5-9-16;1-26-18-13-11-16(12-14-18)20-15-21-19-9-5-6-10-22(19)27-23(25(21)24-20)17-7-3-2-4-8-17;19-16-10-3-1-7-15(16)18-14-9-5-8-12(14)13-6-2-4-11-17(13)20-18/h3-13,22,24H,14H2,1-2H3;3-13,22,24H,14H2,1-2H3;3-14,20,24H,15H2,1-2H3;2-14,21,23H,15H2,1H3;1-8,10-12,14,18,20H,9H2. The third-order valence-electron chi connectivity index (χ3n) is 26.3. The zero-order chi connectivity index (χ0) is 92.2. The highest BCUT2D eigenvalue weighted by Gasteiger charge is 2.47. The Hall–Kier alpha value is -14.8. The van der Waals surface area contributed by atoms with Gasteiger partial charge in [0.15, 0.2) is 11.5 Å². The number of ether oxygens (including phenoxy) is 10. The van der Waals surface area contributed by atoms with Crippen LogP contribution < -0.4 is 52.7 Å². The third kappa shape index (κ3) is 18.0. The van der Waals surface area contributed by atoms with E-state index in [1.165, 1.54) is 22.3 Å². The summed E-state index contributed by atoms with van der Waals surface area (Å²) in [5.41, 5.74) is 21.7. The Morgan fingerprint density at radius 1 is 0.348 bits per heavy atom. The summed E-state index contributed by atoms with van der Waals surface area (Å²) in [5, 5.41) is 32.5. The lowest BCUT2D eigenvalue weighted by atomic mass is 9.77. The molecule has 0 radical (unpaired) electrons. The molecule has 9 heterocycles. The van der Waals surface area contributed by atoms with E-state index in [0.29, 0.717) is 28.4 Å². The van der Waals surface area contributed by atoms with Gasteiger partial charge in [-0.3, -0.25) is 0 Å². The number of hydrogen-bond acceptors (Lipinski definition) is 19. The molecule has 0 bridgehead atoms. The van der Waals surface area contributed by atoms with E-state index in [2.05, 4.69) is 177 Å². The Morgan fingerprint density at radius 3 is 1.24 bits per heavy atom. The summed E-state index contributed by atoms with van der Waals surface area (Å²) in [7, 11) is 9.99. The van der Waals surface area contributed by atoms with Gasteiger partial charge in [0.1, 0.15) is 51.8 Å². The van der Waals surface area contributed by atoms with Gasteiger partial charge in [-0.05, 0) is 199 Å². The molecule has 10 aliphatic rings. The molecule has 9 aliphatic heterocycles. The number of nitrogens with zero attached hydrogens (tertiary/aromatic N) is 8. The van der Waals surface area contributed by atoms with Gasteiger partial charge in [-0.2, -0.15) is 20.4 Å². The molecule has 0 amide bonds. The Kier molecular flexibility index (Phi) is 25.6. The number of aryl methyl sites for hydroxylation is 1. The Morgan fingerprint density at radius 2 is 0.741 bits per heavy atom. The minimum atomic E-state index is -0.402. The van der Waals surface area contributed by atoms with E-state index in [4.69, 9.17) is 79.4 Å². The van der Waals surface area contributed by atoms with E-state index < -0.39 is 6.23 Å². The molecule has 0 saturated carbocycles. The van der Waals surface area contributed by atoms with E-state index in [1.54, 1.807) is 54.8 Å². The maximum Gasteiger partial charge on any atom is 0.215 e. The molecule has 0 fully saturated rings. The summed E-state index contributed by atoms with van der Waals surface area (Å²) in [6.45, 7) is 2.09. The second kappa shape index (κ2) is 39.2. The molecule has 11 atom stereocenters. The average molecular weight is 1880 g/mol. The molecule has 22 heteroatoms. The van der Waals surface area contributed by atoms with Crippen LogP contribution in [-0.2, 0) is 0 Å². The fourth-order valence-electron chi connectivity index (χ4n) is 19.5. The van der Waals surface area contributed by atoms with Crippen LogP contribution in [0.5, 0.6) is 57.5 Å². The van der Waals surface area contributed by atoms with Crippen molar-refractivity contribution >= 4 is 56.1 Å². The van der Waals surface area contributed by atoms with E-state index in [0.717, 1.165) is 172 Å². The zero-order valence-electron chi connectivity index (χ0n) is 75.6. The number of benzene rings is 14. The van der Waals surface area contributed by atoms with Crippen LogP contribution in [0.15, 0.2) is 371 Å². The first-order valence-electron chi connectivity index (χ1n) is 45.3. The summed E-state index contributed by atoms with van der Waals surface area (Å²) in [4.78, 5) is 0. The molecule has 0 spiro atoms. The van der Waals surface area contributed by atoms with E-state index in [1.807, 2.05) is 205 Å². The van der Waals surface area contributed by atoms with Gasteiger partial charge in [-0.15, -0.1) is 0 Å². The number of para-hydroxylation sites is 3. The average Bonchev–Trinajstić information content (AvgIpc) is 1.62. The molecule has 0 aromatic heterocycles. The predicted molar refractivity (Wildman–Crippen MR) is 530 cm³/mol. The van der Waals surface area contributed by atoms with Crippen LogP contribution in [0.2, 0.25) is 5.02 Å². The molecule has 19 nitrogen and oxygen atoms in total. The molecule has 11 unspecified atom stereocenters. The maximum absolute atomic E-state index is 14.1. The van der Waals surface area contributed by atoms with Gasteiger partial charge >= 0.3 is 0 Å². The first-order valence-corrected chi connectivity index (χ1v) is 46.5. The molecule has 678 valence electrons. The van der Waals surface area contributed by atoms with Gasteiger partial charge in [-0.25, -0.2) is 24.4 Å². The van der Waals surface area contributed by atoms with Gasteiger partial charge in [0.25, 0.3) is 0 Å². The molecule has 14 aromatic rings. The lowest BCUT2D eigenvalue weighted by Gasteiger charge is -2.38. The summed E-state index contributed by atoms with van der Waals surface area (Å²) in [6.07, 6.45) is 7.64. The molecular weight excluding hydrogens is 1780 g/mol. The summed E-state index contributed by atoms with van der Waals surface area (Å²) >= 11 is 10.1.